The van der Waals surface area contributed by atoms with Crippen molar-refractivity contribution in [2.24, 2.45) is 0 Å². The van der Waals surface area contributed by atoms with Crippen LogP contribution in [0.2, 0.25) is 19.6 Å². The molecule has 2 N–H and O–H groups in total. The number of benzene rings is 1. The number of imidazole rings is 1. The van der Waals surface area contributed by atoms with E-state index >= 15 is 0 Å². The molecule has 1 aromatic carbocycles. The molecule has 2 aromatic heterocycles. The van der Waals surface area contributed by atoms with Crippen LogP contribution >= 0.6 is 0 Å². The molecule has 0 atom stereocenters. The summed E-state index contributed by atoms with van der Waals surface area (Å²) < 4.78 is 7.26. The van der Waals surface area contributed by atoms with Gasteiger partial charge in [0.15, 0.2) is 0 Å². The first-order valence-corrected chi connectivity index (χ1v) is 11.2. The van der Waals surface area contributed by atoms with Gasteiger partial charge < -0.3 is 10.5 Å². The van der Waals surface area contributed by atoms with E-state index in [1.54, 1.807) is 7.11 Å². The van der Waals surface area contributed by atoms with Crippen molar-refractivity contribution >= 4 is 19.7 Å². The Kier molecular flexibility index (Phi) is 4.04. The van der Waals surface area contributed by atoms with Gasteiger partial charge in [-0.1, -0.05) is 37.7 Å². The van der Waals surface area contributed by atoms with Crippen LogP contribution < -0.4 is 10.5 Å². The number of rotatable bonds is 2. The van der Waals surface area contributed by atoms with Crippen LogP contribution in [-0.4, -0.2) is 29.6 Å². The topological polar surface area (TPSA) is 65.4 Å². The van der Waals surface area contributed by atoms with Gasteiger partial charge in [0.2, 0.25) is 5.78 Å². The third-order valence-electron chi connectivity index (χ3n) is 3.43. The molecular formula is C18H20N4OSi. The molecule has 0 fully saturated rings. The summed E-state index contributed by atoms with van der Waals surface area (Å²) >= 11 is 0. The zero-order chi connectivity index (χ0) is 17.3. The second kappa shape index (κ2) is 6.02. The number of methoxy groups -OCH3 is 1. The number of anilines is 1. The van der Waals surface area contributed by atoms with Crippen molar-refractivity contribution in [3.63, 3.8) is 0 Å². The van der Waals surface area contributed by atoms with E-state index in [-0.39, 0.29) is 0 Å². The molecule has 24 heavy (non-hydrogen) atoms. The maximum atomic E-state index is 6.04. The number of hydrogen-bond acceptors (Lipinski definition) is 4. The molecule has 5 nitrogen and oxygen atoms in total. The number of hydrogen-bond donors (Lipinski definition) is 1. The van der Waals surface area contributed by atoms with Gasteiger partial charge in [-0.15, -0.1) is 5.54 Å². The number of fused-ring (bicyclic) bond motifs is 1. The lowest BCUT2D eigenvalue weighted by atomic mass is 10.1. The fraction of sp³-hybridized carbons (Fsp3) is 0.222. The summed E-state index contributed by atoms with van der Waals surface area (Å²) in [6.07, 6.45) is 3.80. The number of nitrogens with zero attached hydrogens (tertiary/aromatic N) is 3. The lowest BCUT2D eigenvalue weighted by Gasteiger charge is -2.04. The predicted octanol–water partition coefficient (Wildman–Crippen LogP) is 3.22. The van der Waals surface area contributed by atoms with Crippen LogP contribution in [-0.2, 0) is 0 Å². The average molecular weight is 336 g/mol. The van der Waals surface area contributed by atoms with Gasteiger partial charge in [-0.3, -0.25) is 4.40 Å². The molecule has 0 saturated carbocycles. The van der Waals surface area contributed by atoms with Crippen molar-refractivity contribution in [1.29, 1.82) is 0 Å². The molecule has 3 rings (SSSR count). The summed E-state index contributed by atoms with van der Waals surface area (Å²) in [5, 5.41) is 0. The third-order valence-corrected chi connectivity index (χ3v) is 4.31. The van der Waals surface area contributed by atoms with E-state index in [1.807, 2.05) is 41.1 Å². The van der Waals surface area contributed by atoms with Gasteiger partial charge in [0.25, 0.3) is 0 Å². The normalized spacial score (nSPS) is 11.2. The summed E-state index contributed by atoms with van der Waals surface area (Å²) in [4.78, 5) is 8.93. The lowest BCUT2D eigenvalue weighted by Crippen LogP contribution is -2.16. The summed E-state index contributed by atoms with van der Waals surface area (Å²) in [6, 6.07) is 7.76. The predicted molar refractivity (Wildman–Crippen MR) is 99.6 cm³/mol. The molecule has 0 amide bonds. The van der Waals surface area contributed by atoms with E-state index < -0.39 is 8.07 Å². The molecule has 0 spiro atoms. The second-order valence-corrected chi connectivity index (χ2v) is 11.3. The Labute approximate surface area is 142 Å². The first-order chi connectivity index (χ1) is 11.4. The Morgan fingerprint density at radius 3 is 2.58 bits per heavy atom. The standard InChI is InChI=1S/C18H20N4OSi/c1-23-16-8-6-5-7-14(16)15-12-22-11-13(9-10-24(2,3)4)17(19)21-18(22)20-15/h5-8,11-12H,1-4H3,(H2,19,20,21). The molecular weight excluding hydrogens is 316 g/mol. The van der Waals surface area contributed by atoms with Crippen molar-refractivity contribution in [2.45, 2.75) is 19.6 Å². The van der Waals surface area contributed by atoms with Gasteiger partial charge in [0, 0.05) is 18.0 Å². The number of nitrogens with two attached hydrogens (primary N) is 1. The van der Waals surface area contributed by atoms with E-state index in [1.165, 1.54) is 0 Å². The first-order valence-electron chi connectivity index (χ1n) is 7.69. The maximum Gasteiger partial charge on any atom is 0.236 e. The Morgan fingerprint density at radius 1 is 1.12 bits per heavy atom. The first kappa shape index (κ1) is 16.1. The molecule has 0 saturated heterocycles. The van der Waals surface area contributed by atoms with Gasteiger partial charge in [0.1, 0.15) is 19.6 Å². The van der Waals surface area contributed by atoms with Crippen molar-refractivity contribution in [2.75, 3.05) is 12.8 Å². The van der Waals surface area contributed by atoms with Crippen LogP contribution in [0.15, 0.2) is 36.7 Å². The largest absolute Gasteiger partial charge is 0.496 e. The van der Waals surface area contributed by atoms with Gasteiger partial charge in [-0.25, -0.2) is 4.98 Å². The lowest BCUT2D eigenvalue weighted by molar-refractivity contribution is 0.416. The monoisotopic (exact) mass is 336 g/mol. The molecule has 0 bridgehead atoms. The summed E-state index contributed by atoms with van der Waals surface area (Å²) in [5.74, 6) is 4.89. The Hall–Kier alpha value is -2.78. The van der Waals surface area contributed by atoms with Crippen molar-refractivity contribution < 1.29 is 4.74 Å². The molecule has 3 aromatic rings. The second-order valence-electron chi connectivity index (χ2n) is 6.57. The SMILES string of the molecule is COc1ccccc1-c1cn2cc(C#C[Si](C)(C)C)c(N)nc2n1. The molecule has 0 aliphatic heterocycles. The molecule has 0 aliphatic carbocycles. The number of aromatic nitrogens is 3. The fourth-order valence-corrected chi connectivity index (χ4v) is 2.78. The number of ether oxygens (including phenoxy) is 1. The molecule has 0 unspecified atom stereocenters. The zero-order valence-electron chi connectivity index (χ0n) is 14.3. The van der Waals surface area contributed by atoms with Gasteiger partial charge in [-0.2, -0.15) is 4.98 Å². The summed E-state index contributed by atoms with van der Waals surface area (Å²) in [6.45, 7) is 6.58. The smallest absolute Gasteiger partial charge is 0.236 e. The maximum absolute atomic E-state index is 6.04. The molecule has 122 valence electrons. The highest BCUT2D eigenvalue weighted by molar-refractivity contribution is 6.83. The van der Waals surface area contributed by atoms with E-state index in [0.717, 1.165) is 22.6 Å². The third kappa shape index (κ3) is 3.26. The zero-order valence-corrected chi connectivity index (χ0v) is 15.3. The van der Waals surface area contributed by atoms with Crippen LogP contribution in [0, 0.1) is 11.5 Å². The average Bonchev–Trinajstić information content (AvgIpc) is 2.94. The summed E-state index contributed by atoms with van der Waals surface area (Å²) in [7, 11) is 0.172. The minimum atomic E-state index is -1.48. The minimum Gasteiger partial charge on any atom is -0.496 e. The van der Waals surface area contributed by atoms with E-state index in [0.29, 0.717) is 11.6 Å². The Balaban J connectivity index is 2.10. The summed E-state index contributed by atoms with van der Waals surface area (Å²) in [5.41, 5.74) is 11.8. The highest BCUT2D eigenvalue weighted by Gasteiger charge is 2.12. The molecule has 0 aliphatic rings. The quantitative estimate of drug-likeness (QED) is 0.576. The molecule has 6 heteroatoms. The highest BCUT2D eigenvalue weighted by Crippen LogP contribution is 2.29. The molecule has 2 heterocycles. The van der Waals surface area contributed by atoms with E-state index in [2.05, 4.69) is 41.1 Å². The van der Waals surface area contributed by atoms with Gasteiger partial charge in [-0.05, 0) is 12.1 Å². The van der Waals surface area contributed by atoms with Gasteiger partial charge in [0.05, 0.1) is 18.4 Å². The highest BCUT2D eigenvalue weighted by atomic mass is 28.3. The van der Waals surface area contributed by atoms with Crippen molar-refractivity contribution in [1.82, 2.24) is 14.4 Å². The van der Waals surface area contributed by atoms with Crippen molar-refractivity contribution in [3.8, 4) is 28.5 Å². The number of nitrogen functional groups attached to an aromatic ring is 1. The minimum absolute atomic E-state index is 0.408. The van der Waals surface area contributed by atoms with Crippen LogP contribution in [0.4, 0.5) is 5.82 Å². The Bertz CT molecular complexity index is 961. The van der Waals surface area contributed by atoms with E-state index in [4.69, 9.17) is 10.5 Å². The Morgan fingerprint density at radius 2 is 1.88 bits per heavy atom. The van der Waals surface area contributed by atoms with E-state index in [9.17, 15) is 0 Å². The van der Waals surface area contributed by atoms with Crippen molar-refractivity contribution in [3.05, 3.63) is 42.2 Å². The van der Waals surface area contributed by atoms with Crippen LogP contribution in [0.25, 0.3) is 17.0 Å². The molecule has 0 radical (unpaired) electrons. The van der Waals surface area contributed by atoms with Crippen LogP contribution in [0.5, 0.6) is 5.75 Å². The van der Waals surface area contributed by atoms with Crippen LogP contribution in [0.1, 0.15) is 5.56 Å². The number of para-hydroxylation sites is 1. The fourth-order valence-electron chi connectivity index (χ4n) is 2.27. The van der Waals surface area contributed by atoms with Gasteiger partial charge >= 0.3 is 0 Å². The van der Waals surface area contributed by atoms with Crippen LogP contribution in [0.3, 0.4) is 0 Å².